The first-order valence-corrected chi connectivity index (χ1v) is 6.36. The van der Waals surface area contributed by atoms with Crippen molar-refractivity contribution >= 4 is 11.6 Å². The number of amides is 1. The maximum Gasteiger partial charge on any atom is 0.274 e. The first-order chi connectivity index (χ1) is 9.50. The van der Waals surface area contributed by atoms with Crippen molar-refractivity contribution in [3.63, 3.8) is 0 Å². The topological polar surface area (TPSA) is 83.8 Å². The number of halogens is 1. The highest BCUT2D eigenvalue weighted by Crippen LogP contribution is 2.21. The second-order valence-electron chi connectivity index (χ2n) is 4.83. The van der Waals surface area contributed by atoms with E-state index in [4.69, 9.17) is 5.73 Å². The van der Waals surface area contributed by atoms with Crippen LogP contribution in [0.2, 0.25) is 0 Å². The molecule has 4 N–H and O–H groups in total. The van der Waals surface area contributed by atoms with Gasteiger partial charge in [-0.1, -0.05) is 32.0 Å². The third-order valence-corrected chi connectivity index (χ3v) is 3.02. The number of hydrogen-bond acceptors (Lipinski definition) is 3. The van der Waals surface area contributed by atoms with E-state index in [2.05, 4.69) is 15.5 Å². The number of aromatic nitrogens is 2. The number of nitrogens with zero attached hydrogens (tertiary/aromatic N) is 1. The molecule has 0 atom stereocenters. The SMILES string of the molecule is CC(C)c1[nH]nc(C(=O)NCc2ccccc2F)c1N. The molecule has 0 saturated carbocycles. The summed E-state index contributed by atoms with van der Waals surface area (Å²) >= 11 is 0. The number of carbonyl (C=O) groups is 1. The van der Waals surface area contributed by atoms with Crippen LogP contribution in [0, 0.1) is 5.82 Å². The van der Waals surface area contributed by atoms with Gasteiger partial charge in [-0.3, -0.25) is 9.89 Å². The highest BCUT2D eigenvalue weighted by molar-refractivity contribution is 5.97. The summed E-state index contributed by atoms with van der Waals surface area (Å²) in [5.41, 5.74) is 7.50. The molecule has 0 unspecified atom stereocenters. The van der Waals surface area contributed by atoms with E-state index in [0.29, 0.717) is 11.3 Å². The number of H-pyrrole nitrogens is 1. The molecule has 0 aliphatic heterocycles. The third-order valence-electron chi connectivity index (χ3n) is 3.02. The van der Waals surface area contributed by atoms with Crippen LogP contribution in [0.1, 0.15) is 41.5 Å². The molecule has 0 saturated heterocycles. The zero-order valence-electron chi connectivity index (χ0n) is 11.4. The van der Waals surface area contributed by atoms with Crippen molar-refractivity contribution in [1.29, 1.82) is 0 Å². The fourth-order valence-corrected chi connectivity index (χ4v) is 1.88. The molecule has 106 valence electrons. The van der Waals surface area contributed by atoms with Crippen LogP contribution in [0.3, 0.4) is 0 Å². The predicted octanol–water partition coefficient (Wildman–Crippen LogP) is 2.18. The van der Waals surface area contributed by atoms with Gasteiger partial charge in [0, 0.05) is 12.1 Å². The number of carbonyl (C=O) groups excluding carboxylic acids is 1. The number of anilines is 1. The molecule has 1 aromatic heterocycles. The number of nitrogens with two attached hydrogens (primary N) is 1. The van der Waals surface area contributed by atoms with Crippen LogP contribution in [0.25, 0.3) is 0 Å². The molecule has 1 amide bonds. The lowest BCUT2D eigenvalue weighted by molar-refractivity contribution is 0.0946. The number of aromatic amines is 1. The normalized spacial score (nSPS) is 10.8. The van der Waals surface area contributed by atoms with Crippen LogP contribution < -0.4 is 11.1 Å². The van der Waals surface area contributed by atoms with E-state index in [1.54, 1.807) is 18.2 Å². The Morgan fingerprint density at radius 2 is 2.15 bits per heavy atom. The Balaban J connectivity index is 2.08. The van der Waals surface area contributed by atoms with Crippen LogP contribution in [-0.2, 0) is 6.54 Å². The Labute approximate surface area is 116 Å². The standard InChI is InChI=1S/C14H17FN4O/c1-8(2)12-11(16)13(19-18-12)14(20)17-7-9-5-3-4-6-10(9)15/h3-6,8H,7,16H2,1-2H3,(H,17,20)(H,18,19). The Hall–Kier alpha value is -2.37. The van der Waals surface area contributed by atoms with Crippen LogP contribution in [-0.4, -0.2) is 16.1 Å². The van der Waals surface area contributed by atoms with Gasteiger partial charge in [-0.15, -0.1) is 0 Å². The first-order valence-electron chi connectivity index (χ1n) is 6.36. The maximum absolute atomic E-state index is 13.4. The van der Waals surface area contributed by atoms with Gasteiger partial charge in [0.2, 0.25) is 0 Å². The predicted molar refractivity (Wildman–Crippen MR) is 74.7 cm³/mol. The molecule has 2 rings (SSSR count). The van der Waals surface area contributed by atoms with Gasteiger partial charge in [-0.05, 0) is 12.0 Å². The summed E-state index contributed by atoms with van der Waals surface area (Å²) in [4.78, 5) is 12.0. The van der Waals surface area contributed by atoms with Crippen LogP contribution in [0.15, 0.2) is 24.3 Å². The van der Waals surface area contributed by atoms with E-state index in [0.717, 1.165) is 5.69 Å². The summed E-state index contributed by atoms with van der Waals surface area (Å²) in [6, 6.07) is 6.27. The lowest BCUT2D eigenvalue weighted by Crippen LogP contribution is -2.24. The van der Waals surface area contributed by atoms with Crippen molar-refractivity contribution in [2.75, 3.05) is 5.73 Å². The summed E-state index contributed by atoms with van der Waals surface area (Å²) in [6.45, 7) is 3.99. The summed E-state index contributed by atoms with van der Waals surface area (Å²) in [6.07, 6.45) is 0. The fraction of sp³-hybridized carbons (Fsp3) is 0.286. The molecule has 2 aromatic rings. The van der Waals surface area contributed by atoms with E-state index in [1.165, 1.54) is 6.07 Å². The summed E-state index contributed by atoms with van der Waals surface area (Å²) in [5, 5.41) is 9.28. The Kier molecular flexibility index (Phi) is 4.02. The Morgan fingerprint density at radius 1 is 1.45 bits per heavy atom. The average Bonchev–Trinajstić information content (AvgIpc) is 2.79. The zero-order chi connectivity index (χ0) is 14.7. The molecule has 20 heavy (non-hydrogen) atoms. The molecule has 0 aliphatic carbocycles. The van der Waals surface area contributed by atoms with Crippen LogP contribution in [0.4, 0.5) is 10.1 Å². The number of nitrogens with one attached hydrogen (secondary N) is 2. The summed E-state index contributed by atoms with van der Waals surface area (Å²) < 4.78 is 13.4. The van der Waals surface area contributed by atoms with Crippen molar-refractivity contribution in [1.82, 2.24) is 15.5 Å². The summed E-state index contributed by atoms with van der Waals surface area (Å²) in [5.74, 6) is -0.629. The van der Waals surface area contributed by atoms with Gasteiger partial charge < -0.3 is 11.1 Å². The lowest BCUT2D eigenvalue weighted by atomic mass is 10.1. The van der Waals surface area contributed by atoms with Gasteiger partial charge in [0.05, 0.1) is 11.4 Å². The van der Waals surface area contributed by atoms with E-state index >= 15 is 0 Å². The highest BCUT2D eigenvalue weighted by atomic mass is 19.1. The lowest BCUT2D eigenvalue weighted by Gasteiger charge is -2.06. The minimum absolute atomic E-state index is 0.0921. The van der Waals surface area contributed by atoms with Crippen molar-refractivity contribution in [2.24, 2.45) is 0 Å². The molecule has 0 bridgehead atoms. The molecule has 0 aliphatic rings. The minimum atomic E-state index is -0.422. The molecule has 1 heterocycles. The van der Waals surface area contributed by atoms with E-state index < -0.39 is 5.91 Å². The van der Waals surface area contributed by atoms with Crippen LogP contribution >= 0.6 is 0 Å². The smallest absolute Gasteiger partial charge is 0.274 e. The van der Waals surface area contributed by atoms with Crippen molar-refractivity contribution in [3.05, 3.63) is 47.0 Å². The number of rotatable bonds is 4. The van der Waals surface area contributed by atoms with E-state index in [1.807, 2.05) is 13.8 Å². The Morgan fingerprint density at radius 3 is 2.75 bits per heavy atom. The quantitative estimate of drug-likeness (QED) is 0.800. The van der Waals surface area contributed by atoms with E-state index in [9.17, 15) is 9.18 Å². The average molecular weight is 276 g/mol. The molecular formula is C14H17FN4O. The zero-order valence-corrected chi connectivity index (χ0v) is 11.4. The van der Waals surface area contributed by atoms with Gasteiger partial charge in [0.1, 0.15) is 5.82 Å². The largest absolute Gasteiger partial charge is 0.395 e. The molecule has 0 radical (unpaired) electrons. The van der Waals surface area contributed by atoms with Crippen molar-refractivity contribution in [3.8, 4) is 0 Å². The minimum Gasteiger partial charge on any atom is -0.395 e. The fourth-order valence-electron chi connectivity index (χ4n) is 1.88. The third kappa shape index (κ3) is 2.79. The monoisotopic (exact) mass is 276 g/mol. The molecule has 0 spiro atoms. The highest BCUT2D eigenvalue weighted by Gasteiger charge is 2.18. The Bertz CT molecular complexity index is 621. The van der Waals surface area contributed by atoms with Crippen molar-refractivity contribution < 1.29 is 9.18 Å². The number of nitrogen functional groups attached to an aromatic ring is 1. The van der Waals surface area contributed by atoms with Gasteiger partial charge >= 0.3 is 0 Å². The molecule has 6 heteroatoms. The molecular weight excluding hydrogens is 259 g/mol. The second kappa shape index (κ2) is 5.73. The van der Waals surface area contributed by atoms with Crippen LogP contribution in [0.5, 0.6) is 0 Å². The number of hydrogen-bond donors (Lipinski definition) is 3. The molecule has 1 aromatic carbocycles. The molecule has 5 nitrogen and oxygen atoms in total. The second-order valence-corrected chi connectivity index (χ2v) is 4.83. The number of benzene rings is 1. The maximum atomic E-state index is 13.4. The van der Waals surface area contributed by atoms with Crippen molar-refractivity contribution in [2.45, 2.75) is 26.3 Å². The van der Waals surface area contributed by atoms with Gasteiger partial charge in [-0.2, -0.15) is 5.10 Å². The van der Waals surface area contributed by atoms with Gasteiger partial charge in [0.25, 0.3) is 5.91 Å². The summed E-state index contributed by atoms with van der Waals surface area (Å²) in [7, 11) is 0. The first kappa shape index (κ1) is 14.0. The van der Waals surface area contributed by atoms with E-state index in [-0.39, 0.29) is 24.0 Å². The van der Waals surface area contributed by atoms with Gasteiger partial charge in [-0.25, -0.2) is 4.39 Å². The van der Waals surface area contributed by atoms with Gasteiger partial charge in [0.15, 0.2) is 5.69 Å². The molecule has 0 fully saturated rings.